The molecule has 7 nitrogen and oxygen atoms in total. The molecule has 0 aliphatic heterocycles. The van der Waals surface area contributed by atoms with E-state index in [9.17, 15) is 10.1 Å². The van der Waals surface area contributed by atoms with E-state index in [-0.39, 0.29) is 24.6 Å². The summed E-state index contributed by atoms with van der Waals surface area (Å²) in [7, 11) is 0. The summed E-state index contributed by atoms with van der Waals surface area (Å²) in [5.41, 5.74) is 29.1. The first-order valence-electron chi connectivity index (χ1n) is 12.3. The van der Waals surface area contributed by atoms with Crippen molar-refractivity contribution in [2.24, 2.45) is 22.9 Å². The van der Waals surface area contributed by atoms with Gasteiger partial charge in [-0.1, -0.05) is 103 Å². The summed E-state index contributed by atoms with van der Waals surface area (Å²) in [4.78, 5) is 12.1. The van der Waals surface area contributed by atoms with Crippen molar-refractivity contribution < 1.29 is 4.92 Å². The molecule has 0 bridgehead atoms. The van der Waals surface area contributed by atoms with Gasteiger partial charge in [0.2, 0.25) is 6.54 Å². The zero-order valence-corrected chi connectivity index (χ0v) is 20.7. The number of hydrogen-bond donors (Lipinski definition) is 4. The Morgan fingerprint density at radius 3 is 1.30 bits per heavy atom. The predicted octanol–water partition coefficient (Wildman–Crippen LogP) is 3.53. The average molecular weight is 496 g/mol. The van der Waals surface area contributed by atoms with E-state index in [1.54, 1.807) is 0 Å². The maximum Gasteiger partial charge on any atom is 0.227 e. The predicted molar refractivity (Wildman–Crippen MR) is 147 cm³/mol. The zero-order chi connectivity index (χ0) is 26.5. The standard InChI is InChI=1S/C30H33N5O2/c31-18-22-10-4-7-15-26(22)30(27-16-8-5-11-23(27)19-32,28-17-9-6-12-24(28)20-33)29(34,21-35(36)37)25-13-2-1-3-14-25/h1-17H,18-21,31-34H2/t29-/m1/s1. The quantitative estimate of drug-likeness (QED) is 0.150. The van der Waals surface area contributed by atoms with E-state index < -0.39 is 17.5 Å². The summed E-state index contributed by atoms with van der Waals surface area (Å²) in [5.74, 6) is 0. The van der Waals surface area contributed by atoms with Crippen molar-refractivity contribution in [1.29, 1.82) is 0 Å². The molecule has 0 saturated heterocycles. The monoisotopic (exact) mass is 495 g/mol. The molecule has 7 heteroatoms. The van der Waals surface area contributed by atoms with E-state index in [0.29, 0.717) is 5.56 Å². The highest BCUT2D eigenvalue weighted by atomic mass is 16.6. The Morgan fingerprint density at radius 2 is 0.946 bits per heavy atom. The third-order valence-corrected chi connectivity index (χ3v) is 7.26. The van der Waals surface area contributed by atoms with E-state index in [4.69, 9.17) is 22.9 Å². The summed E-state index contributed by atoms with van der Waals surface area (Å²) in [5, 5.41) is 12.4. The van der Waals surface area contributed by atoms with Gasteiger partial charge in [0.1, 0.15) is 5.54 Å². The molecular weight excluding hydrogens is 462 g/mol. The molecule has 0 amide bonds. The van der Waals surface area contributed by atoms with Crippen LogP contribution in [0.1, 0.15) is 38.9 Å². The first kappa shape index (κ1) is 26.2. The molecule has 0 spiro atoms. The van der Waals surface area contributed by atoms with Crippen LogP contribution in [-0.2, 0) is 30.6 Å². The van der Waals surface area contributed by atoms with Crippen molar-refractivity contribution in [2.45, 2.75) is 30.6 Å². The fraction of sp³-hybridized carbons (Fsp3) is 0.200. The Morgan fingerprint density at radius 1 is 0.595 bits per heavy atom. The van der Waals surface area contributed by atoms with Gasteiger partial charge in [-0.25, -0.2) is 0 Å². The fourth-order valence-electron chi connectivity index (χ4n) is 5.71. The molecule has 4 aromatic rings. The maximum atomic E-state index is 12.4. The van der Waals surface area contributed by atoms with Crippen LogP contribution in [-0.4, -0.2) is 11.5 Å². The Hall–Kier alpha value is -3.88. The first-order valence-corrected chi connectivity index (χ1v) is 12.3. The van der Waals surface area contributed by atoms with E-state index in [0.717, 1.165) is 33.4 Å². The Kier molecular flexibility index (Phi) is 7.80. The number of nitrogens with zero attached hydrogens (tertiary/aromatic N) is 1. The van der Waals surface area contributed by atoms with Crippen molar-refractivity contribution in [3.63, 3.8) is 0 Å². The topological polar surface area (TPSA) is 147 Å². The zero-order valence-electron chi connectivity index (χ0n) is 20.7. The van der Waals surface area contributed by atoms with Crippen LogP contribution in [0.5, 0.6) is 0 Å². The lowest BCUT2D eigenvalue weighted by Crippen LogP contribution is -2.61. The minimum absolute atomic E-state index is 0.219. The molecular formula is C30H33N5O2. The summed E-state index contributed by atoms with van der Waals surface area (Å²) < 4.78 is 0. The Bertz CT molecular complexity index is 1260. The van der Waals surface area contributed by atoms with E-state index in [1.807, 2.05) is 103 Å². The molecule has 1 atom stereocenters. The van der Waals surface area contributed by atoms with Gasteiger partial charge >= 0.3 is 0 Å². The molecule has 0 saturated carbocycles. The van der Waals surface area contributed by atoms with Gasteiger partial charge in [-0.15, -0.1) is 0 Å². The van der Waals surface area contributed by atoms with Crippen LogP contribution in [0.3, 0.4) is 0 Å². The Balaban J connectivity index is 2.35. The van der Waals surface area contributed by atoms with Gasteiger partial charge in [-0.05, 0) is 38.9 Å². The molecule has 190 valence electrons. The summed E-state index contributed by atoms with van der Waals surface area (Å²) >= 11 is 0. The van der Waals surface area contributed by atoms with Gasteiger partial charge in [-0.2, -0.15) is 0 Å². The van der Waals surface area contributed by atoms with Crippen LogP contribution in [0.15, 0.2) is 103 Å². The third kappa shape index (κ3) is 4.43. The number of rotatable bonds is 10. The lowest BCUT2D eigenvalue weighted by molar-refractivity contribution is -0.492. The SMILES string of the molecule is NCc1ccccc1C(c1ccccc1CN)(c1ccccc1CN)[C@@](N)(C[N+](=O)[O-])c1ccccc1. The molecule has 8 N–H and O–H groups in total. The molecule has 0 aromatic heterocycles. The number of nitro groups is 1. The molecule has 0 fully saturated rings. The number of nitrogens with two attached hydrogens (primary N) is 4. The normalized spacial score (nSPS) is 13.2. The molecule has 37 heavy (non-hydrogen) atoms. The molecule has 0 heterocycles. The molecule has 0 aliphatic carbocycles. The second kappa shape index (κ2) is 11.0. The average Bonchev–Trinajstić information content (AvgIpc) is 2.94. The van der Waals surface area contributed by atoms with Crippen LogP contribution in [0.2, 0.25) is 0 Å². The largest absolute Gasteiger partial charge is 0.326 e. The van der Waals surface area contributed by atoms with Crippen LogP contribution >= 0.6 is 0 Å². The first-order chi connectivity index (χ1) is 17.9. The van der Waals surface area contributed by atoms with Gasteiger partial charge in [0, 0.05) is 24.6 Å². The van der Waals surface area contributed by atoms with Crippen molar-refractivity contribution in [1.82, 2.24) is 0 Å². The van der Waals surface area contributed by atoms with Gasteiger partial charge in [0.05, 0.1) is 5.41 Å². The lowest BCUT2D eigenvalue weighted by Gasteiger charge is -2.50. The Labute approximate surface area is 217 Å². The van der Waals surface area contributed by atoms with E-state index in [1.165, 1.54) is 0 Å². The van der Waals surface area contributed by atoms with E-state index in [2.05, 4.69) is 0 Å². The summed E-state index contributed by atoms with van der Waals surface area (Å²) in [6.45, 7) is 0.109. The van der Waals surface area contributed by atoms with Crippen molar-refractivity contribution in [3.05, 3.63) is 152 Å². The van der Waals surface area contributed by atoms with Crippen LogP contribution in [0, 0.1) is 10.1 Å². The van der Waals surface area contributed by atoms with E-state index >= 15 is 0 Å². The van der Waals surface area contributed by atoms with Gasteiger partial charge in [0.15, 0.2) is 0 Å². The second-order valence-corrected chi connectivity index (χ2v) is 9.16. The third-order valence-electron chi connectivity index (χ3n) is 7.26. The van der Waals surface area contributed by atoms with Crippen molar-refractivity contribution in [2.75, 3.05) is 6.54 Å². The smallest absolute Gasteiger partial charge is 0.227 e. The highest BCUT2D eigenvalue weighted by Gasteiger charge is 2.58. The summed E-state index contributed by atoms with van der Waals surface area (Å²) in [6.07, 6.45) is 0. The molecule has 4 aromatic carbocycles. The van der Waals surface area contributed by atoms with Gasteiger partial charge in [0.25, 0.3) is 0 Å². The lowest BCUT2D eigenvalue weighted by atomic mass is 9.53. The molecule has 0 radical (unpaired) electrons. The minimum Gasteiger partial charge on any atom is -0.326 e. The van der Waals surface area contributed by atoms with Gasteiger partial charge in [-0.3, -0.25) is 10.1 Å². The van der Waals surface area contributed by atoms with Crippen LogP contribution < -0.4 is 22.9 Å². The van der Waals surface area contributed by atoms with Crippen LogP contribution in [0.25, 0.3) is 0 Å². The number of benzene rings is 4. The minimum atomic E-state index is -1.56. The van der Waals surface area contributed by atoms with Crippen molar-refractivity contribution in [3.8, 4) is 0 Å². The molecule has 0 unspecified atom stereocenters. The molecule has 0 aliphatic rings. The van der Waals surface area contributed by atoms with Gasteiger partial charge < -0.3 is 22.9 Å². The van der Waals surface area contributed by atoms with Crippen LogP contribution in [0.4, 0.5) is 0 Å². The summed E-state index contributed by atoms with van der Waals surface area (Å²) in [6, 6.07) is 32.5. The second-order valence-electron chi connectivity index (χ2n) is 9.16. The van der Waals surface area contributed by atoms with Crippen molar-refractivity contribution >= 4 is 0 Å². The molecule has 4 rings (SSSR count). The highest BCUT2D eigenvalue weighted by molar-refractivity contribution is 5.62. The highest BCUT2D eigenvalue weighted by Crippen LogP contribution is 2.53. The fourth-order valence-corrected chi connectivity index (χ4v) is 5.71. The number of hydrogen-bond acceptors (Lipinski definition) is 6. The maximum absolute atomic E-state index is 12.4.